The Kier molecular flexibility index (Phi) is 3.69. The minimum atomic E-state index is -0.354. The molecule has 4 heteroatoms. The van der Waals surface area contributed by atoms with Crippen molar-refractivity contribution in [2.45, 2.75) is 44.8 Å². The van der Waals surface area contributed by atoms with Crippen LogP contribution >= 0.6 is 11.6 Å². The largest absolute Gasteiger partial charge is 0.425 e. The first-order valence-corrected chi connectivity index (χ1v) is 7.67. The van der Waals surface area contributed by atoms with Crippen molar-refractivity contribution in [1.82, 2.24) is 0 Å². The average molecular weight is 305 g/mol. The molecule has 1 unspecified atom stereocenters. The highest BCUT2D eigenvalue weighted by molar-refractivity contribution is 6.32. The number of fused-ring (bicyclic) bond motifs is 2. The summed E-state index contributed by atoms with van der Waals surface area (Å²) in [5.41, 5.74) is 1.17. The summed E-state index contributed by atoms with van der Waals surface area (Å²) in [6.45, 7) is 2.30. The van der Waals surface area contributed by atoms with Gasteiger partial charge in [0, 0.05) is 25.3 Å². The molecule has 1 fully saturated rings. The number of hydrogen-bond donors (Lipinski definition) is 0. The van der Waals surface area contributed by atoms with Crippen molar-refractivity contribution in [2.75, 3.05) is 7.05 Å². The van der Waals surface area contributed by atoms with Crippen LogP contribution in [0, 0.1) is 11.8 Å². The molecule has 2 heterocycles. The van der Waals surface area contributed by atoms with Crippen molar-refractivity contribution in [2.24, 2.45) is 0 Å². The molecule has 0 saturated carbocycles. The van der Waals surface area contributed by atoms with E-state index >= 15 is 0 Å². The normalized spacial score (nSPS) is 29.7. The number of hydrogen-bond acceptors (Lipinski definition) is 2. The Morgan fingerprint density at radius 1 is 1.48 bits per heavy atom. The number of esters is 1. The van der Waals surface area contributed by atoms with Crippen LogP contribution in [0.3, 0.4) is 0 Å². The second-order valence-corrected chi connectivity index (χ2v) is 6.54. The molecular weight excluding hydrogens is 286 g/mol. The van der Waals surface area contributed by atoms with E-state index < -0.39 is 0 Å². The number of carbonyl (C=O) groups is 1. The van der Waals surface area contributed by atoms with Crippen molar-refractivity contribution in [1.29, 1.82) is 0 Å². The van der Waals surface area contributed by atoms with Crippen LogP contribution in [0.15, 0.2) is 18.2 Å². The van der Waals surface area contributed by atoms with E-state index in [-0.39, 0.29) is 5.97 Å². The predicted octanol–water partition coefficient (Wildman–Crippen LogP) is 3.15. The molecule has 1 saturated heterocycles. The number of ether oxygens (including phenoxy) is 1. The number of benzene rings is 1. The fraction of sp³-hybridized carbons (Fsp3) is 0.471. The Morgan fingerprint density at radius 2 is 2.29 bits per heavy atom. The Balaban J connectivity index is 1.81. The van der Waals surface area contributed by atoms with Crippen molar-refractivity contribution >= 4 is 17.6 Å². The van der Waals surface area contributed by atoms with Gasteiger partial charge in [0.2, 0.25) is 0 Å². The molecule has 110 valence electrons. The van der Waals surface area contributed by atoms with Crippen LogP contribution in [-0.4, -0.2) is 29.6 Å². The third kappa shape index (κ3) is 2.66. The number of rotatable bonds is 3. The Morgan fingerprint density at radius 3 is 2.95 bits per heavy atom. The van der Waals surface area contributed by atoms with Crippen LogP contribution in [0.25, 0.3) is 0 Å². The van der Waals surface area contributed by atoms with E-state index in [0.717, 1.165) is 17.4 Å². The number of carbonyl (C=O) groups excluding carboxylic acids is 1. The average Bonchev–Trinajstić information content (AvgIpc) is 2.63. The van der Waals surface area contributed by atoms with Crippen molar-refractivity contribution in [3.8, 4) is 17.6 Å². The van der Waals surface area contributed by atoms with E-state index in [9.17, 15) is 4.79 Å². The van der Waals surface area contributed by atoms with Crippen LogP contribution in [-0.2, 0) is 11.3 Å². The van der Waals surface area contributed by atoms with Gasteiger partial charge in [0.15, 0.2) is 6.04 Å². The molecule has 2 bridgehead atoms. The lowest BCUT2D eigenvalue weighted by molar-refractivity contribution is -0.949. The maximum Gasteiger partial charge on any atom is 0.308 e. The van der Waals surface area contributed by atoms with Gasteiger partial charge in [-0.1, -0.05) is 17.5 Å². The lowest BCUT2D eigenvalue weighted by Gasteiger charge is -2.40. The lowest BCUT2D eigenvalue weighted by Crippen LogP contribution is -2.53. The fourth-order valence-electron chi connectivity index (χ4n) is 3.53. The van der Waals surface area contributed by atoms with E-state index in [1.165, 1.54) is 25.3 Å². The van der Waals surface area contributed by atoms with Crippen molar-refractivity contribution in [3.63, 3.8) is 0 Å². The highest BCUT2D eigenvalue weighted by Crippen LogP contribution is 2.38. The third-order valence-corrected chi connectivity index (χ3v) is 4.99. The predicted molar refractivity (Wildman–Crippen MR) is 81.9 cm³/mol. The first-order valence-electron chi connectivity index (χ1n) is 7.29. The molecule has 0 N–H and O–H groups in total. The minimum absolute atomic E-state index is 0.354. The molecule has 1 aromatic carbocycles. The summed E-state index contributed by atoms with van der Waals surface area (Å²) in [6, 6.07) is 6.75. The van der Waals surface area contributed by atoms with Crippen LogP contribution in [0.5, 0.6) is 5.75 Å². The molecule has 2 aliphatic rings. The van der Waals surface area contributed by atoms with E-state index in [1.54, 1.807) is 6.07 Å². The number of nitrogens with zero attached hydrogens (tertiary/aromatic N) is 1. The monoisotopic (exact) mass is 304 g/mol. The highest BCUT2D eigenvalue weighted by Gasteiger charge is 2.46. The van der Waals surface area contributed by atoms with Gasteiger partial charge in [-0.3, -0.25) is 4.79 Å². The summed E-state index contributed by atoms with van der Waals surface area (Å²) < 4.78 is 6.05. The van der Waals surface area contributed by atoms with Crippen molar-refractivity contribution < 1.29 is 14.0 Å². The van der Waals surface area contributed by atoms with Gasteiger partial charge < -0.3 is 9.22 Å². The fourth-order valence-corrected chi connectivity index (χ4v) is 3.77. The zero-order valence-electron chi connectivity index (χ0n) is 12.4. The van der Waals surface area contributed by atoms with Gasteiger partial charge in [0.05, 0.1) is 18.5 Å². The van der Waals surface area contributed by atoms with Gasteiger partial charge in [-0.2, -0.15) is 0 Å². The molecule has 3 atom stereocenters. The van der Waals surface area contributed by atoms with Crippen LogP contribution in [0.2, 0.25) is 5.02 Å². The molecule has 0 amide bonds. The van der Waals surface area contributed by atoms with E-state index in [4.69, 9.17) is 16.3 Å². The summed E-state index contributed by atoms with van der Waals surface area (Å²) >= 11 is 6.21. The minimum Gasteiger partial charge on any atom is -0.425 e. The molecular formula is C17H19ClNO2+. The standard InChI is InChI=1S/C17H19ClNO2/c1-12(20)21-17-9-6-13(10-16(17)18)11-19(2)14-4-3-5-15(19)8-7-14/h6,9-10,14-15H,4,7-8,11H2,1-2H3/q+1/t14-,15+,19?/m1/s1. The molecule has 3 nitrogen and oxygen atoms in total. The molecule has 21 heavy (non-hydrogen) atoms. The zero-order chi connectivity index (χ0) is 15.0. The smallest absolute Gasteiger partial charge is 0.308 e. The first-order chi connectivity index (χ1) is 9.99. The van der Waals surface area contributed by atoms with Crippen molar-refractivity contribution in [3.05, 3.63) is 28.8 Å². The molecule has 2 aliphatic heterocycles. The maximum atomic E-state index is 11.0. The third-order valence-electron chi connectivity index (χ3n) is 4.70. The van der Waals surface area contributed by atoms with Crippen LogP contribution in [0.1, 0.15) is 31.7 Å². The Hall–Kier alpha value is -1.50. The Bertz CT molecular complexity index is 646. The van der Waals surface area contributed by atoms with Gasteiger partial charge in [0.25, 0.3) is 0 Å². The number of quaternary nitrogens is 1. The first kappa shape index (κ1) is 14.4. The van der Waals surface area contributed by atoms with E-state index in [1.807, 2.05) is 12.1 Å². The number of halogens is 1. The summed E-state index contributed by atoms with van der Waals surface area (Å²) in [5, 5.41) is 0.491. The van der Waals surface area contributed by atoms with Gasteiger partial charge in [-0.15, -0.1) is 0 Å². The van der Waals surface area contributed by atoms with Crippen LogP contribution < -0.4 is 4.74 Å². The molecule has 0 radical (unpaired) electrons. The molecule has 0 aromatic heterocycles. The quantitative estimate of drug-likeness (QED) is 0.371. The second-order valence-electron chi connectivity index (χ2n) is 6.14. The SMILES string of the molecule is CC(=O)Oc1ccc(C[N+]2(C)[C@@H]3CC#C[C@H]2CC3)cc1Cl. The zero-order valence-corrected chi connectivity index (χ0v) is 13.1. The van der Waals surface area contributed by atoms with E-state index in [2.05, 4.69) is 18.9 Å². The summed E-state index contributed by atoms with van der Waals surface area (Å²) in [6.07, 6.45) is 3.42. The summed E-state index contributed by atoms with van der Waals surface area (Å²) in [4.78, 5) is 11.0. The lowest BCUT2D eigenvalue weighted by atomic mass is 10.1. The Labute approximate surface area is 130 Å². The topological polar surface area (TPSA) is 26.3 Å². The molecule has 0 spiro atoms. The van der Waals surface area contributed by atoms with Gasteiger partial charge >= 0.3 is 5.97 Å². The molecule has 3 rings (SSSR count). The summed E-state index contributed by atoms with van der Waals surface area (Å²) in [5.74, 6) is 6.75. The molecule has 0 aliphatic carbocycles. The maximum absolute atomic E-state index is 11.0. The summed E-state index contributed by atoms with van der Waals surface area (Å²) in [7, 11) is 2.30. The van der Waals surface area contributed by atoms with Crippen LogP contribution in [0.4, 0.5) is 0 Å². The second kappa shape index (κ2) is 5.36. The van der Waals surface area contributed by atoms with E-state index in [0.29, 0.717) is 22.9 Å². The highest BCUT2D eigenvalue weighted by atomic mass is 35.5. The van der Waals surface area contributed by atoms with Gasteiger partial charge in [-0.05, 0) is 24.1 Å². The van der Waals surface area contributed by atoms with Gasteiger partial charge in [-0.25, -0.2) is 0 Å². The molecule has 1 aromatic rings. The van der Waals surface area contributed by atoms with Gasteiger partial charge in [0.1, 0.15) is 18.3 Å².